The Hall–Kier alpha value is -3.91. The minimum absolute atomic E-state index is 0.311. The second-order valence-corrected chi connectivity index (χ2v) is 11.4. The summed E-state index contributed by atoms with van der Waals surface area (Å²) in [5.41, 5.74) is 10.4. The largest absolute Gasteiger partial charge is 0.492 e. The Balaban J connectivity index is 1.33. The van der Waals surface area contributed by atoms with Crippen molar-refractivity contribution in [1.29, 1.82) is 0 Å². The van der Waals surface area contributed by atoms with Gasteiger partial charge in [-0.25, -0.2) is 5.48 Å². The van der Waals surface area contributed by atoms with Gasteiger partial charge in [0.05, 0.1) is 0 Å². The highest BCUT2D eigenvalue weighted by Crippen LogP contribution is 2.38. The van der Waals surface area contributed by atoms with E-state index in [0.717, 1.165) is 63.3 Å². The number of rotatable bonds is 14. The fourth-order valence-electron chi connectivity index (χ4n) is 6.18. The number of likely N-dealkylation sites (N-methyl/N-ethyl adjacent to an activating group) is 1. The molecule has 0 radical (unpaired) electrons. The number of ether oxygens (including phenoxy) is 1. The molecule has 0 bridgehead atoms. The number of benzene rings is 3. The van der Waals surface area contributed by atoms with Crippen LogP contribution in [0.2, 0.25) is 0 Å². The first-order valence-corrected chi connectivity index (χ1v) is 15.5. The summed E-state index contributed by atoms with van der Waals surface area (Å²) in [6.45, 7) is 12.0. The van der Waals surface area contributed by atoms with E-state index in [0.29, 0.717) is 12.6 Å². The molecular formula is C36H44N4O3. The fraction of sp³-hybridized carbons (Fsp3) is 0.361. The van der Waals surface area contributed by atoms with Crippen molar-refractivity contribution in [2.45, 2.75) is 52.6 Å². The van der Waals surface area contributed by atoms with Gasteiger partial charge in [-0.2, -0.15) is 0 Å². The average Bonchev–Trinajstić information content (AvgIpc) is 3.64. The molecule has 1 heterocycles. The molecule has 0 aliphatic heterocycles. The average molecular weight is 581 g/mol. The van der Waals surface area contributed by atoms with Gasteiger partial charge >= 0.3 is 0 Å². The molecule has 226 valence electrons. The Morgan fingerprint density at radius 3 is 2.65 bits per heavy atom. The summed E-state index contributed by atoms with van der Waals surface area (Å²) >= 11 is 0. The lowest BCUT2D eigenvalue weighted by atomic mass is 10.0. The van der Waals surface area contributed by atoms with E-state index in [9.17, 15) is 4.79 Å². The number of aromatic amines is 1. The van der Waals surface area contributed by atoms with E-state index in [2.05, 4.69) is 102 Å². The minimum atomic E-state index is -0.530. The first-order valence-electron chi connectivity index (χ1n) is 15.5. The molecular weight excluding hydrogens is 536 g/mol. The number of H-pyrrole nitrogens is 1. The molecule has 1 amide bonds. The third kappa shape index (κ3) is 7.73. The van der Waals surface area contributed by atoms with Crippen LogP contribution in [0, 0.1) is 6.92 Å². The van der Waals surface area contributed by atoms with Gasteiger partial charge in [-0.05, 0) is 96.9 Å². The van der Waals surface area contributed by atoms with Crippen LogP contribution < -0.4 is 10.2 Å². The van der Waals surface area contributed by atoms with Crippen LogP contribution in [0.15, 0.2) is 72.9 Å². The lowest BCUT2D eigenvalue weighted by Gasteiger charge is -2.30. The Bertz CT molecular complexity index is 1540. The van der Waals surface area contributed by atoms with Crippen LogP contribution in [0.4, 0.5) is 0 Å². The van der Waals surface area contributed by atoms with Crippen LogP contribution in [0.5, 0.6) is 5.75 Å². The quantitative estimate of drug-likeness (QED) is 0.0908. The minimum Gasteiger partial charge on any atom is -0.492 e. The predicted octanol–water partition coefficient (Wildman–Crippen LogP) is 6.45. The van der Waals surface area contributed by atoms with Crippen molar-refractivity contribution in [3.63, 3.8) is 0 Å². The van der Waals surface area contributed by atoms with Gasteiger partial charge in [-0.15, -0.1) is 0 Å². The number of hydrogen-bond donors (Lipinski definition) is 3. The topological polar surface area (TPSA) is 80.8 Å². The van der Waals surface area contributed by atoms with Crippen LogP contribution in [0.25, 0.3) is 17.0 Å². The van der Waals surface area contributed by atoms with E-state index in [1.54, 1.807) is 11.6 Å². The van der Waals surface area contributed by atoms with E-state index in [1.165, 1.54) is 44.8 Å². The maximum absolute atomic E-state index is 11.5. The highest BCUT2D eigenvalue weighted by molar-refractivity contribution is 5.90. The molecule has 7 heteroatoms. The van der Waals surface area contributed by atoms with Crippen LogP contribution >= 0.6 is 0 Å². The molecule has 0 fully saturated rings. The van der Waals surface area contributed by atoms with Crippen molar-refractivity contribution >= 4 is 22.9 Å². The number of aromatic nitrogens is 1. The van der Waals surface area contributed by atoms with E-state index in [1.807, 2.05) is 0 Å². The first kappa shape index (κ1) is 30.5. The number of carbonyl (C=O) groups is 1. The van der Waals surface area contributed by atoms with Crippen molar-refractivity contribution in [3.8, 4) is 5.75 Å². The zero-order chi connectivity index (χ0) is 30.2. The normalized spacial score (nSPS) is 14.7. The third-order valence-electron chi connectivity index (χ3n) is 8.66. The number of amides is 1. The zero-order valence-electron chi connectivity index (χ0n) is 25.6. The maximum atomic E-state index is 11.5. The van der Waals surface area contributed by atoms with Crippen molar-refractivity contribution in [1.82, 2.24) is 20.3 Å². The van der Waals surface area contributed by atoms with Gasteiger partial charge in [0.2, 0.25) is 0 Å². The van der Waals surface area contributed by atoms with E-state index in [-0.39, 0.29) is 0 Å². The Kier molecular flexibility index (Phi) is 10.3. The fourth-order valence-corrected chi connectivity index (χ4v) is 6.18. The highest BCUT2D eigenvalue weighted by Gasteiger charge is 2.28. The third-order valence-corrected chi connectivity index (χ3v) is 8.66. The van der Waals surface area contributed by atoms with Gasteiger partial charge < -0.3 is 14.6 Å². The monoisotopic (exact) mass is 580 g/mol. The molecule has 0 saturated carbocycles. The van der Waals surface area contributed by atoms with Crippen LogP contribution in [-0.4, -0.2) is 58.7 Å². The highest BCUT2D eigenvalue weighted by atomic mass is 16.5. The molecule has 1 aromatic heterocycles. The molecule has 3 aromatic carbocycles. The Morgan fingerprint density at radius 2 is 1.88 bits per heavy atom. The Morgan fingerprint density at radius 1 is 1.07 bits per heavy atom. The zero-order valence-corrected chi connectivity index (χ0v) is 25.6. The molecule has 7 nitrogen and oxygen atoms in total. The number of fused-ring (bicyclic) bond motifs is 2. The van der Waals surface area contributed by atoms with E-state index in [4.69, 9.17) is 9.94 Å². The smallest absolute Gasteiger partial charge is 0.267 e. The molecule has 3 N–H and O–H groups in total. The number of aryl methyl sites for hydroxylation is 2. The molecule has 1 unspecified atom stereocenters. The van der Waals surface area contributed by atoms with Gasteiger partial charge in [0.25, 0.3) is 5.91 Å². The molecule has 1 aliphatic carbocycles. The van der Waals surface area contributed by atoms with Gasteiger partial charge in [0.1, 0.15) is 12.4 Å². The van der Waals surface area contributed by atoms with E-state index < -0.39 is 5.91 Å². The SMILES string of the molecule is CCN(CC)CCOc1ccc(CN(CCc2c[nH]c3cc(C)ccc23)C2CCc3cc(/C=C/C(=O)NO)ccc32)cc1. The summed E-state index contributed by atoms with van der Waals surface area (Å²) < 4.78 is 6.04. The Labute approximate surface area is 255 Å². The van der Waals surface area contributed by atoms with Crippen LogP contribution in [0.3, 0.4) is 0 Å². The number of hydrogen-bond acceptors (Lipinski definition) is 5. The van der Waals surface area contributed by atoms with Crippen molar-refractivity contribution in [2.75, 3.05) is 32.8 Å². The number of nitrogens with zero attached hydrogens (tertiary/aromatic N) is 2. The first-order chi connectivity index (χ1) is 21.0. The molecule has 43 heavy (non-hydrogen) atoms. The number of nitrogens with one attached hydrogen (secondary N) is 2. The summed E-state index contributed by atoms with van der Waals surface area (Å²) in [6, 6.07) is 22.0. The standard InChI is InChI=1S/C36H44N4O3/c1-4-39(5-2)20-21-43-31-12-7-28(8-13-31)25-40(19-18-30-24-37-34-22-26(3)6-14-32(30)34)35-16-11-29-23-27(9-15-33(29)35)10-17-36(41)38-42/h6-10,12-15,17,22-24,35,37,42H,4-5,11,16,18-21,25H2,1-3H3,(H,38,41)/b17-10+. The second-order valence-electron chi connectivity index (χ2n) is 11.4. The second kappa shape index (κ2) is 14.5. The van der Waals surface area contributed by atoms with Gasteiger partial charge in [0.15, 0.2) is 0 Å². The maximum Gasteiger partial charge on any atom is 0.267 e. The summed E-state index contributed by atoms with van der Waals surface area (Å²) in [6.07, 6.45) is 8.26. The summed E-state index contributed by atoms with van der Waals surface area (Å²) in [7, 11) is 0. The summed E-state index contributed by atoms with van der Waals surface area (Å²) in [5.74, 6) is 0.385. The molecule has 1 atom stereocenters. The summed E-state index contributed by atoms with van der Waals surface area (Å²) in [4.78, 5) is 19.9. The molecule has 0 spiro atoms. The van der Waals surface area contributed by atoms with Gasteiger partial charge in [-0.3, -0.25) is 14.9 Å². The van der Waals surface area contributed by atoms with Crippen molar-refractivity contribution < 1.29 is 14.7 Å². The lowest BCUT2D eigenvalue weighted by Crippen LogP contribution is -2.29. The number of hydroxylamine groups is 1. The van der Waals surface area contributed by atoms with Crippen molar-refractivity contribution in [2.24, 2.45) is 0 Å². The van der Waals surface area contributed by atoms with E-state index >= 15 is 0 Å². The molecule has 5 rings (SSSR count). The predicted molar refractivity (Wildman–Crippen MR) is 173 cm³/mol. The number of carbonyl (C=O) groups excluding carboxylic acids is 1. The van der Waals surface area contributed by atoms with Crippen molar-refractivity contribution in [3.05, 3.63) is 106 Å². The van der Waals surface area contributed by atoms with Crippen LogP contribution in [-0.2, 0) is 24.2 Å². The molecule has 0 saturated heterocycles. The lowest BCUT2D eigenvalue weighted by molar-refractivity contribution is -0.124. The van der Waals surface area contributed by atoms with Gasteiger partial charge in [-0.1, -0.05) is 56.3 Å². The van der Waals surface area contributed by atoms with Crippen LogP contribution in [0.1, 0.15) is 59.7 Å². The van der Waals surface area contributed by atoms with Gasteiger partial charge in [0, 0.05) is 48.9 Å². The molecule has 4 aromatic rings. The summed E-state index contributed by atoms with van der Waals surface area (Å²) in [5, 5.41) is 10.1. The molecule has 1 aliphatic rings.